The number of aryl methyl sites for hydroxylation is 2. The molecule has 4 nitrogen and oxygen atoms in total. The summed E-state index contributed by atoms with van der Waals surface area (Å²) in [6.45, 7) is 6.17. The molecule has 0 bridgehead atoms. The molecule has 0 saturated heterocycles. The molecule has 0 aliphatic rings. The Morgan fingerprint density at radius 1 is 1.22 bits per heavy atom. The fourth-order valence-electron chi connectivity index (χ4n) is 1.67. The Labute approximate surface area is 143 Å². The van der Waals surface area contributed by atoms with Gasteiger partial charge >= 0.3 is 0 Å². The number of ether oxygens (including phenoxy) is 1. The van der Waals surface area contributed by atoms with Gasteiger partial charge in [0, 0.05) is 5.69 Å². The van der Waals surface area contributed by atoms with Crippen molar-refractivity contribution in [2.45, 2.75) is 20.3 Å². The van der Waals surface area contributed by atoms with E-state index in [2.05, 4.69) is 36.6 Å². The van der Waals surface area contributed by atoms with E-state index in [1.165, 1.54) is 11.1 Å². The van der Waals surface area contributed by atoms with Crippen LogP contribution in [-0.4, -0.2) is 19.0 Å². The molecule has 0 heterocycles. The van der Waals surface area contributed by atoms with Crippen LogP contribution in [-0.2, 0) is 11.2 Å². The highest BCUT2D eigenvalue weighted by Crippen LogP contribution is 2.12. The summed E-state index contributed by atoms with van der Waals surface area (Å²) in [5, 5.41) is 3.14. The summed E-state index contributed by atoms with van der Waals surface area (Å²) >= 11 is 4.68. The smallest absolute Gasteiger partial charge is 0.168 e. The fourth-order valence-corrected chi connectivity index (χ4v) is 1.79. The third-order valence-corrected chi connectivity index (χ3v) is 2.96. The van der Waals surface area contributed by atoms with E-state index >= 15 is 0 Å². The van der Waals surface area contributed by atoms with E-state index in [0.29, 0.717) is 5.11 Å². The minimum atomic E-state index is 0.300. The van der Waals surface area contributed by atoms with Crippen molar-refractivity contribution in [1.82, 2.24) is 0 Å². The van der Waals surface area contributed by atoms with Crippen LogP contribution in [0.1, 0.15) is 18.1 Å². The normalized spacial score (nSPS) is 8.65. The lowest BCUT2D eigenvalue weighted by atomic mass is 10.2. The van der Waals surface area contributed by atoms with Crippen LogP contribution in [0.2, 0.25) is 0 Å². The molecule has 5 heteroatoms. The minimum Gasteiger partial charge on any atom is -0.497 e. The number of hydrogen-bond donors (Lipinski definition) is 2. The van der Waals surface area contributed by atoms with Gasteiger partial charge in [0.15, 0.2) is 5.11 Å². The Balaban J connectivity index is 0.000000381. The third kappa shape index (κ3) is 9.26. The highest BCUT2D eigenvalue weighted by molar-refractivity contribution is 7.80. The first-order valence-corrected chi connectivity index (χ1v) is 7.51. The molecule has 0 radical (unpaired) electrons. The monoisotopic (exact) mass is 332 g/mol. The van der Waals surface area contributed by atoms with Crippen molar-refractivity contribution in [1.29, 1.82) is 0 Å². The molecule has 2 aromatic carbocycles. The maximum Gasteiger partial charge on any atom is 0.168 e. The van der Waals surface area contributed by atoms with E-state index in [1.807, 2.05) is 50.1 Å². The van der Waals surface area contributed by atoms with Crippen LogP contribution in [0.25, 0.3) is 0 Å². The average Bonchev–Trinajstić information content (AvgIpc) is 2.59. The van der Waals surface area contributed by atoms with Crippen molar-refractivity contribution in [3.05, 3.63) is 59.7 Å². The number of carbonyl (C=O) groups is 1. The average molecular weight is 332 g/mol. The molecule has 0 fully saturated rings. The SMILES string of the molecule is C=O.CCc1cccc(OC)c1.Cc1ccc(NC(N)=S)cc1. The van der Waals surface area contributed by atoms with Crippen molar-refractivity contribution in [3.63, 3.8) is 0 Å². The van der Waals surface area contributed by atoms with Gasteiger partial charge in [0.1, 0.15) is 12.5 Å². The number of hydrogen-bond acceptors (Lipinski definition) is 3. The van der Waals surface area contributed by atoms with Crippen molar-refractivity contribution < 1.29 is 9.53 Å². The standard InChI is InChI=1S/C9H12O.C8H10N2S.CH2O/c1-3-8-5-4-6-9(7-8)10-2;1-6-2-4-7(5-3-6)10-8(9)11;1-2/h4-7H,3H2,1-2H3;2-5H,1H3,(H3,9,10,11);1H2. The first kappa shape index (κ1) is 20.6. The van der Waals surface area contributed by atoms with Crippen LogP contribution in [0.4, 0.5) is 5.69 Å². The zero-order chi connectivity index (χ0) is 17.7. The zero-order valence-corrected chi connectivity index (χ0v) is 14.7. The molecule has 3 N–H and O–H groups in total. The van der Waals surface area contributed by atoms with Gasteiger partial charge in [0.05, 0.1) is 7.11 Å². The molecule has 0 atom stereocenters. The van der Waals surface area contributed by atoms with Gasteiger partial charge in [-0.3, -0.25) is 0 Å². The summed E-state index contributed by atoms with van der Waals surface area (Å²) in [5.74, 6) is 0.944. The van der Waals surface area contributed by atoms with E-state index in [-0.39, 0.29) is 0 Å². The number of nitrogens with one attached hydrogen (secondary N) is 1. The van der Waals surface area contributed by atoms with Gasteiger partial charge in [-0.2, -0.15) is 0 Å². The first-order chi connectivity index (χ1) is 11.0. The predicted molar refractivity (Wildman–Crippen MR) is 101 cm³/mol. The lowest BCUT2D eigenvalue weighted by molar-refractivity contribution is -0.0979. The van der Waals surface area contributed by atoms with Crippen LogP contribution in [0, 0.1) is 6.92 Å². The molecule has 124 valence electrons. The first-order valence-electron chi connectivity index (χ1n) is 7.10. The summed E-state index contributed by atoms with van der Waals surface area (Å²) in [4.78, 5) is 8.00. The number of carbonyl (C=O) groups excluding carboxylic acids is 1. The summed E-state index contributed by atoms with van der Waals surface area (Å²) < 4.78 is 5.06. The Morgan fingerprint density at radius 2 is 1.83 bits per heavy atom. The number of nitrogens with two attached hydrogens (primary N) is 1. The minimum absolute atomic E-state index is 0.300. The lowest BCUT2D eigenvalue weighted by Crippen LogP contribution is -2.18. The number of anilines is 1. The molecule has 0 aliphatic heterocycles. The van der Waals surface area contributed by atoms with Crippen molar-refractivity contribution in [3.8, 4) is 5.75 Å². The Bertz CT molecular complexity index is 567. The molecular weight excluding hydrogens is 308 g/mol. The van der Waals surface area contributed by atoms with Gasteiger partial charge in [-0.1, -0.05) is 36.8 Å². The van der Waals surface area contributed by atoms with Crippen LogP contribution in [0.5, 0.6) is 5.75 Å². The topological polar surface area (TPSA) is 64.3 Å². The zero-order valence-electron chi connectivity index (χ0n) is 13.8. The second-order valence-corrected chi connectivity index (χ2v) is 5.00. The maximum atomic E-state index is 8.00. The molecule has 0 unspecified atom stereocenters. The van der Waals surface area contributed by atoms with E-state index in [9.17, 15) is 0 Å². The van der Waals surface area contributed by atoms with Crippen molar-refractivity contribution in [2.24, 2.45) is 5.73 Å². The number of rotatable bonds is 3. The third-order valence-electron chi connectivity index (χ3n) is 2.86. The summed E-state index contributed by atoms with van der Waals surface area (Å²) in [6.07, 6.45) is 1.07. The molecule has 23 heavy (non-hydrogen) atoms. The summed E-state index contributed by atoms with van der Waals surface area (Å²) in [5.41, 5.74) is 8.76. The second kappa shape index (κ2) is 12.2. The molecule has 0 aromatic heterocycles. The van der Waals surface area contributed by atoms with Gasteiger partial charge in [-0.25, -0.2) is 0 Å². The highest BCUT2D eigenvalue weighted by atomic mass is 32.1. The maximum absolute atomic E-state index is 8.00. The molecule has 2 aromatic rings. The van der Waals surface area contributed by atoms with E-state index in [0.717, 1.165) is 17.9 Å². The molecule has 0 spiro atoms. The Morgan fingerprint density at radius 3 is 2.30 bits per heavy atom. The molecule has 0 saturated carbocycles. The van der Waals surface area contributed by atoms with Crippen LogP contribution >= 0.6 is 12.2 Å². The van der Waals surface area contributed by atoms with Crippen LogP contribution < -0.4 is 15.8 Å². The predicted octanol–water partition coefficient (Wildman–Crippen LogP) is 3.72. The van der Waals surface area contributed by atoms with Crippen molar-refractivity contribution in [2.75, 3.05) is 12.4 Å². The van der Waals surface area contributed by atoms with Crippen LogP contribution in [0.15, 0.2) is 48.5 Å². The number of thiocarbonyl (C=S) groups is 1. The molecule has 2 rings (SSSR count). The van der Waals surface area contributed by atoms with E-state index in [1.54, 1.807) is 7.11 Å². The molecular formula is C18H24N2O2S. The Kier molecular flexibility index (Phi) is 10.9. The van der Waals surface area contributed by atoms with E-state index < -0.39 is 0 Å². The van der Waals surface area contributed by atoms with Gasteiger partial charge < -0.3 is 20.6 Å². The van der Waals surface area contributed by atoms with E-state index in [4.69, 9.17) is 15.3 Å². The van der Waals surface area contributed by atoms with Crippen LogP contribution in [0.3, 0.4) is 0 Å². The second-order valence-electron chi connectivity index (χ2n) is 4.56. The lowest BCUT2D eigenvalue weighted by Gasteiger charge is -2.02. The molecule has 0 aliphatic carbocycles. The number of benzene rings is 2. The van der Waals surface area contributed by atoms with Gasteiger partial charge in [0.25, 0.3) is 0 Å². The molecule has 0 amide bonds. The highest BCUT2D eigenvalue weighted by Gasteiger charge is 1.91. The summed E-state index contributed by atoms with van der Waals surface area (Å²) in [6, 6.07) is 16.0. The quantitative estimate of drug-likeness (QED) is 0.839. The van der Waals surface area contributed by atoms with Gasteiger partial charge in [-0.05, 0) is 55.4 Å². The number of methoxy groups -OCH3 is 1. The van der Waals surface area contributed by atoms with Crippen molar-refractivity contribution >= 4 is 29.8 Å². The largest absolute Gasteiger partial charge is 0.497 e. The van der Waals surface area contributed by atoms with Gasteiger partial charge in [-0.15, -0.1) is 0 Å². The summed E-state index contributed by atoms with van der Waals surface area (Å²) in [7, 11) is 1.69. The van der Waals surface area contributed by atoms with Gasteiger partial charge in [0.2, 0.25) is 0 Å². The Hall–Kier alpha value is -2.40. The fraction of sp³-hybridized carbons (Fsp3) is 0.222.